The van der Waals surface area contributed by atoms with Gasteiger partial charge < -0.3 is 4.57 Å². The molecule has 102 valence electrons. The molecule has 5 heteroatoms. The first-order valence-electron chi connectivity index (χ1n) is 6.82. The molecule has 0 aromatic carbocycles. The summed E-state index contributed by atoms with van der Waals surface area (Å²) in [6.07, 6.45) is 5.80. The van der Waals surface area contributed by atoms with E-state index in [0.29, 0.717) is 5.25 Å². The van der Waals surface area contributed by atoms with Gasteiger partial charge >= 0.3 is 0 Å². The average molecular weight is 296 g/mol. The van der Waals surface area contributed by atoms with Gasteiger partial charge in [-0.1, -0.05) is 6.42 Å². The predicted molar refractivity (Wildman–Crippen MR) is 81.9 cm³/mol. The van der Waals surface area contributed by atoms with E-state index in [1.807, 2.05) is 25.3 Å². The zero-order valence-electron chi connectivity index (χ0n) is 11.1. The predicted octanol–water partition coefficient (Wildman–Crippen LogP) is 4.02. The molecule has 19 heavy (non-hydrogen) atoms. The quantitative estimate of drug-likeness (QED) is 0.801. The van der Waals surface area contributed by atoms with Gasteiger partial charge in [-0.05, 0) is 37.7 Å². The second-order valence-corrected chi connectivity index (χ2v) is 7.09. The van der Waals surface area contributed by atoms with Crippen LogP contribution < -0.4 is 0 Å². The van der Waals surface area contributed by atoms with Crippen LogP contribution in [0.2, 0.25) is 0 Å². The molecule has 0 amide bonds. The molecular weight excluding hydrogens is 278 g/mol. The molecule has 2 unspecified atom stereocenters. The number of hydrogen-bond donors (Lipinski definition) is 0. The molecule has 0 saturated carbocycles. The van der Waals surface area contributed by atoms with Crippen molar-refractivity contribution in [1.29, 1.82) is 0 Å². The fourth-order valence-corrected chi connectivity index (χ4v) is 4.07. The molecule has 2 aromatic rings. The molecule has 3 nitrogen and oxygen atoms in total. The molecular formula is C14H18ClN3S. The summed E-state index contributed by atoms with van der Waals surface area (Å²) in [4.78, 5) is 9.12. The van der Waals surface area contributed by atoms with Crippen molar-refractivity contribution >= 4 is 34.5 Å². The number of alkyl halides is 1. The van der Waals surface area contributed by atoms with Gasteiger partial charge in [-0.3, -0.25) is 0 Å². The largest absolute Gasteiger partial charge is 0.310 e. The number of imidazole rings is 1. The average Bonchev–Trinajstić information content (AvgIpc) is 2.79. The molecule has 0 bridgehead atoms. The van der Waals surface area contributed by atoms with E-state index in [9.17, 15) is 0 Å². The van der Waals surface area contributed by atoms with Gasteiger partial charge in [0.25, 0.3) is 0 Å². The van der Waals surface area contributed by atoms with Crippen LogP contribution in [-0.2, 0) is 6.54 Å². The molecule has 3 heterocycles. The van der Waals surface area contributed by atoms with Gasteiger partial charge in [-0.2, -0.15) is 11.8 Å². The summed E-state index contributed by atoms with van der Waals surface area (Å²) in [5.74, 6) is 2.22. The van der Waals surface area contributed by atoms with Crippen molar-refractivity contribution in [3.8, 4) is 0 Å². The Morgan fingerprint density at radius 1 is 1.53 bits per heavy atom. The summed E-state index contributed by atoms with van der Waals surface area (Å²) in [7, 11) is 0. The van der Waals surface area contributed by atoms with Crippen LogP contribution in [-0.4, -0.2) is 25.5 Å². The monoisotopic (exact) mass is 295 g/mol. The summed E-state index contributed by atoms with van der Waals surface area (Å²) >= 11 is 8.35. The number of nitrogens with zero attached hydrogens (tertiary/aromatic N) is 3. The number of thioether (sulfide) groups is 1. The summed E-state index contributed by atoms with van der Waals surface area (Å²) < 4.78 is 2.22. The second-order valence-electron chi connectivity index (χ2n) is 5.03. The smallest absolute Gasteiger partial charge is 0.160 e. The molecule has 2 aromatic heterocycles. The molecule has 2 atom stereocenters. The van der Waals surface area contributed by atoms with Crippen molar-refractivity contribution in [3.63, 3.8) is 0 Å². The fraction of sp³-hybridized carbons (Fsp3) is 0.571. The number of aromatic nitrogens is 3. The molecule has 0 aliphatic carbocycles. The molecule has 0 N–H and O–H groups in total. The Bertz CT molecular complexity index is 561. The minimum atomic E-state index is -0.0807. The van der Waals surface area contributed by atoms with Crippen LogP contribution in [0, 0.1) is 0 Å². The maximum atomic E-state index is 6.28. The third kappa shape index (κ3) is 2.75. The van der Waals surface area contributed by atoms with Crippen LogP contribution in [0.4, 0.5) is 0 Å². The van der Waals surface area contributed by atoms with Gasteiger partial charge in [0.15, 0.2) is 5.65 Å². The molecule has 1 saturated heterocycles. The Kier molecular flexibility index (Phi) is 3.99. The number of rotatable bonds is 3. The van der Waals surface area contributed by atoms with Gasteiger partial charge in [0.05, 0.1) is 5.38 Å². The van der Waals surface area contributed by atoms with Crippen LogP contribution in [0.3, 0.4) is 0 Å². The highest BCUT2D eigenvalue weighted by Crippen LogP contribution is 2.30. The van der Waals surface area contributed by atoms with E-state index < -0.39 is 0 Å². The third-order valence-corrected chi connectivity index (χ3v) is 5.13. The lowest BCUT2D eigenvalue weighted by Gasteiger charge is -2.22. The number of fused-ring (bicyclic) bond motifs is 1. The number of pyridine rings is 1. The number of hydrogen-bond acceptors (Lipinski definition) is 3. The van der Waals surface area contributed by atoms with Crippen molar-refractivity contribution in [3.05, 3.63) is 24.2 Å². The summed E-state index contributed by atoms with van der Waals surface area (Å²) in [5, 5.41) is 0.588. The Balaban J connectivity index is 1.97. The Hall–Kier alpha value is -0.740. The van der Waals surface area contributed by atoms with Crippen molar-refractivity contribution in [2.24, 2.45) is 0 Å². The zero-order valence-corrected chi connectivity index (χ0v) is 12.6. The van der Waals surface area contributed by atoms with Crippen molar-refractivity contribution in [2.75, 3.05) is 5.75 Å². The van der Waals surface area contributed by atoms with Crippen LogP contribution in [0.1, 0.15) is 37.4 Å². The highest BCUT2D eigenvalue weighted by Gasteiger charge is 2.20. The second kappa shape index (κ2) is 5.71. The first kappa shape index (κ1) is 13.3. The SMILES string of the molecule is CC(Cl)c1nc2cccnc2n1CC1CCCCS1. The highest BCUT2D eigenvalue weighted by molar-refractivity contribution is 7.99. The summed E-state index contributed by atoms with van der Waals surface area (Å²) in [6, 6.07) is 3.94. The van der Waals surface area contributed by atoms with Crippen molar-refractivity contribution in [2.45, 2.75) is 43.4 Å². The van der Waals surface area contributed by atoms with E-state index >= 15 is 0 Å². The standard InChI is InChI=1S/C14H18ClN3S/c1-10(15)13-17-12-6-4-7-16-14(12)18(13)9-11-5-2-3-8-19-11/h4,6-7,10-11H,2-3,5,8-9H2,1H3. The van der Waals surface area contributed by atoms with Crippen LogP contribution in [0.25, 0.3) is 11.2 Å². The van der Waals surface area contributed by atoms with Crippen molar-refractivity contribution in [1.82, 2.24) is 14.5 Å². The maximum Gasteiger partial charge on any atom is 0.160 e. The normalized spacial score (nSPS) is 21.7. The van der Waals surface area contributed by atoms with E-state index in [4.69, 9.17) is 11.6 Å². The first-order chi connectivity index (χ1) is 9.25. The van der Waals surface area contributed by atoms with Crippen LogP contribution in [0.15, 0.2) is 18.3 Å². The maximum absolute atomic E-state index is 6.28. The molecule has 1 aliphatic heterocycles. The zero-order chi connectivity index (χ0) is 13.2. The lowest BCUT2D eigenvalue weighted by atomic mass is 10.2. The Morgan fingerprint density at radius 3 is 3.16 bits per heavy atom. The van der Waals surface area contributed by atoms with Crippen LogP contribution >= 0.6 is 23.4 Å². The third-order valence-electron chi connectivity index (χ3n) is 3.55. The van der Waals surface area contributed by atoms with E-state index in [-0.39, 0.29) is 5.38 Å². The lowest BCUT2D eigenvalue weighted by molar-refractivity contribution is 0.573. The first-order valence-corrected chi connectivity index (χ1v) is 8.31. The van der Waals surface area contributed by atoms with Gasteiger partial charge in [-0.25, -0.2) is 9.97 Å². The van der Waals surface area contributed by atoms with E-state index in [0.717, 1.165) is 23.5 Å². The fourth-order valence-electron chi connectivity index (χ4n) is 2.61. The minimum Gasteiger partial charge on any atom is -0.310 e. The molecule has 0 radical (unpaired) electrons. The van der Waals surface area contributed by atoms with E-state index in [2.05, 4.69) is 26.3 Å². The van der Waals surface area contributed by atoms with E-state index in [1.54, 1.807) is 0 Å². The van der Waals surface area contributed by atoms with Crippen LogP contribution in [0.5, 0.6) is 0 Å². The topological polar surface area (TPSA) is 30.7 Å². The molecule has 0 spiro atoms. The Morgan fingerprint density at radius 2 is 2.42 bits per heavy atom. The van der Waals surface area contributed by atoms with Gasteiger partial charge in [-0.15, -0.1) is 11.6 Å². The highest BCUT2D eigenvalue weighted by atomic mass is 35.5. The Labute approximate surface area is 122 Å². The summed E-state index contributed by atoms with van der Waals surface area (Å²) in [5.41, 5.74) is 1.92. The van der Waals surface area contributed by atoms with Gasteiger partial charge in [0.2, 0.25) is 0 Å². The molecule has 3 rings (SSSR count). The number of halogens is 1. The minimum absolute atomic E-state index is 0.0807. The molecule has 1 aliphatic rings. The van der Waals surface area contributed by atoms with Crippen molar-refractivity contribution < 1.29 is 0 Å². The molecule has 1 fully saturated rings. The van der Waals surface area contributed by atoms with E-state index in [1.165, 1.54) is 25.0 Å². The van der Waals surface area contributed by atoms with Gasteiger partial charge in [0.1, 0.15) is 11.3 Å². The van der Waals surface area contributed by atoms with Gasteiger partial charge in [0, 0.05) is 18.0 Å². The summed E-state index contributed by atoms with van der Waals surface area (Å²) in [6.45, 7) is 2.96. The lowest BCUT2D eigenvalue weighted by Crippen LogP contribution is -2.19.